The maximum absolute atomic E-state index is 9.35. The number of ether oxygens (including phenoxy) is 1. The summed E-state index contributed by atoms with van der Waals surface area (Å²) in [5.41, 5.74) is -0.119. The minimum Gasteiger partial charge on any atom is -0.394 e. The van der Waals surface area contributed by atoms with Crippen LogP contribution in [0.2, 0.25) is 0 Å². The lowest BCUT2D eigenvalue weighted by Crippen LogP contribution is -2.45. The number of nitrogens with one attached hydrogen (secondary N) is 1. The first-order chi connectivity index (χ1) is 8.54. The Morgan fingerprint density at radius 2 is 1.83 bits per heavy atom. The van der Waals surface area contributed by atoms with E-state index in [1.807, 2.05) is 0 Å². The summed E-state index contributed by atoms with van der Waals surface area (Å²) in [5.74, 6) is 0.777. The number of hydrogen-bond acceptors (Lipinski definition) is 3. The lowest BCUT2D eigenvalue weighted by atomic mass is 9.96. The molecule has 18 heavy (non-hydrogen) atoms. The zero-order chi connectivity index (χ0) is 13.9. The van der Waals surface area contributed by atoms with E-state index in [2.05, 4.69) is 33.0 Å². The fourth-order valence-electron chi connectivity index (χ4n) is 2.07. The lowest BCUT2D eigenvalue weighted by Gasteiger charge is -2.28. The Morgan fingerprint density at radius 1 is 1.17 bits per heavy atom. The van der Waals surface area contributed by atoms with Gasteiger partial charge in [-0.05, 0) is 51.5 Å². The molecule has 0 aromatic carbocycles. The molecule has 1 unspecified atom stereocenters. The average Bonchev–Trinajstić information content (AvgIpc) is 2.32. The first kappa shape index (κ1) is 17.9. The summed E-state index contributed by atoms with van der Waals surface area (Å²) in [6.07, 6.45) is 5.62. The molecular weight excluding hydrogens is 226 g/mol. The molecule has 0 saturated heterocycles. The van der Waals surface area contributed by atoms with Crippen LogP contribution in [0.4, 0.5) is 0 Å². The predicted molar refractivity (Wildman–Crippen MR) is 77.9 cm³/mol. The number of unbranched alkanes of at least 4 members (excludes halogenated alkanes) is 1. The van der Waals surface area contributed by atoms with Crippen LogP contribution in [0, 0.1) is 5.92 Å². The third kappa shape index (κ3) is 9.86. The lowest BCUT2D eigenvalue weighted by molar-refractivity contribution is 0.117. The second-order valence-corrected chi connectivity index (χ2v) is 5.85. The van der Waals surface area contributed by atoms with Crippen molar-refractivity contribution in [3.63, 3.8) is 0 Å². The van der Waals surface area contributed by atoms with Gasteiger partial charge in [-0.1, -0.05) is 20.8 Å². The molecule has 1 atom stereocenters. The van der Waals surface area contributed by atoms with Gasteiger partial charge < -0.3 is 15.2 Å². The van der Waals surface area contributed by atoms with Gasteiger partial charge in [0.15, 0.2) is 0 Å². The second kappa shape index (κ2) is 10.8. The van der Waals surface area contributed by atoms with Gasteiger partial charge in [-0.15, -0.1) is 0 Å². The van der Waals surface area contributed by atoms with Gasteiger partial charge in [-0.3, -0.25) is 0 Å². The molecule has 110 valence electrons. The fourth-order valence-corrected chi connectivity index (χ4v) is 2.07. The molecule has 0 aromatic rings. The predicted octanol–water partition coefficient (Wildman–Crippen LogP) is 2.97. The van der Waals surface area contributed by atoms with Crippen LogP contribution in [-0.4, -0.2) is 37.0 Å². The van der Waals surface area contributed by atoms with Gasteiger partial charge in [0.05, 0.1) is 6.61 Å². The summed E-state index contributed by atoms with van der Waals surface area (Å²) >= 11 is 0. The molecule has 0 aliphatic carbocycles. The quantitative estimate of drug-likeness (QED) is 0.529. The van der Waals surface area contributed by atoms with Crippen LogP contribution in [0.1, 0.15) is 59.8 Å². The SMILES string of the molecule is CCNC(C)(CO)CCCCOCCCC(C)C. The molecular formula is C15H33NO2. The number of rotatable bonds is 12. The monoisotopic (exact) mass is 259 g/mol. The van der Waals surface area contributed by atoms with Crippen molar-refractivity contribution in [1.29, 1.82) is 0 Å². The van der Waals surface area contributed by atoms with E-state index in [-0.39, 0.29) is 12.1 Å². The molecule has 0 bridgehead atoms. The molecule has 0 fully saturated rings. The van der Waals surface area contributed by atoms with Crippen molar-refractivity contribution in [1.82, 2.24) is 5.32 Å². The van der Waals surface area contributed by atoms with Crippen molar-refractivity contribution in [3.8, 4) is 0 Å². The third-order valence-corrected chi connectivity index (χ3v) is 3.29. The van der Waals surface area contributed by atoms with Gasteiger partial charge >= 0.3 is 0 Å². The average molecular weight is 259 g/mol. The van der Waals surface area contributed by atoms with E-state index in [0.717, 1.165) is 44.9 Å². The minimum atomic E-state index is -0.119. The molecule has 3 nitrogen and oxygen atoms in total. The fraction of sp³-hybridized carbons (Fsp3) is 1.00. The smallest absolute Gasteiger partial charge is 0.0610 e. The third-order valence-electron chi connectivity index (χ3n) is 3.29. The highest BCUT2D eigenvalue weighted by Gasteiger charge is 2.20. The van der Waals surface area contributed by atoms with E-state index in [1.165, 1.54) is 12.8 Å². The summed E-state index contributed by atoms with van der Waals surface area (Å²) in [6, 6.07) is 0. The highest BCUT2D eigenvalue weighted by atomic mass is 16.5. The Balaban J connectivity index is 3.38. The van der Waals surface area contributed by atoms with Crippen LogP contribution in [-0.2, 0) is 4.74 Å². The van der Waals surface area contributed by atoms with Crippen molar-refractivity contribution in [2.75, 3.05) is 26.4 Å². The van der Waals surface area contributed by atoms with Crippen LogP contribution >= 0.6 is 0 Å². The van der Waals surface area contributed by atoms with Gasteiger partial charge in [0.1, 0.15) is 0 Å². The van der Waals surface area contributed by atoms with Crippen molar-refractivity contribution >= 4 is 0 Å². The number of aliphatic hydroxyl groups excluding tert-OH is 1. The molecule has 0 radical (unpaired) electrons. The van der Waals surface area contributed by atoms with Gasteiger partial charge in [-0.25, -0.2) is 0 Å². The van der Waals surface area contributed by atoms with Crippen molar-refractivity contribution in [2.24, 2.45) is 5.92 Å². The Kier molecular flexibility index (Phi) is 10.7. The molecule has 3 heteroatoms. The van der Waals surface area contributed by atoms with Gasteiger partial charge in [0, 0.05) is 18.8 Å². The first-order valence-electron chi connectivity index (χ1n) is 7.47. The maximum atomic E-state index is 9.35. The summed E-state index contributed by atoms with van der Waals surface area (Å²) in [6.45, 7) is 11.5. The zero-order valence-corrected chi connectivity index (χ0v) is 12.8. The van der Waals surface area contributed by atoms with E-state index < -0.39 is 0 Å². The molecule has 0 spiro atoms. The normalized spacial score (nSPS) is 15.0. The topological polar surface area (TPSA) is 41.5 Å². The van der Waals surface area contributed by atoms with Gasteiger partial charge in [0.2, 0.25) is 0 Å². The van der Waals surface area contributed by atoms with Crippen LogP contribution in [0.5, 0.6) is 0 Å². The molecule has 0 amide bonds. The van der Waals surface area contributed by atoms with E-state index in [9.17, 15) is 5.11 Å². The second-order valence-electron chi connectivity index (χ2n) is 5.85. The van der Waals surface area contributed by atoms with Crippen LogP contribution in [0.3, 0.4) is 0 Å². The minimum absolute atomic E-state index is 0.119. The van der Waals surface area contributed by atoms with E-state index in [4.69, 9.17) is 4.74 Å². The largest absolute Gasteiger partial charge is 0.394 e. The summed E-state index contributed by atoms with van der Waals surface area (Å²) in [4.78, 5) is 0. The summed E-state index contributed by atoms with van der Waals surface area (Å²) < 4.78 is 5.61. The maximum Gasteiger partial charge on any atom is 0.0610 e. The van der Waals surface area contributed by atoms with E-state index in [0.29, 0.717) is 0 Å². The Bertz CT molecular complexity index is 185. The Hall–Kier alpha value is -0.120. The number of hydrogen-bond donors (Lipinski definition) is 2. The van der Waals surface area contributed by atoms with Gasteiger partial charge in [0.25, 0.3) is 0 Å². The van der Waals surface area contributed by atoms with Gasteiger partial charge in [-0.2, -0.15) is 0 Å². The number of aliphatic hydroxyl groups is 1. The molecule has 0 saturated carbocycles. The molecule has 0 aliphatic heterocycles. The van der Waals surface area contributed by atoms with E-state index >= 15 is 0 Å². The highest BCUT2D eigenvalue weighted by Crippen LogP contribution is 2.13. The molecule has 2 N–H and O–H groups in total. The van der Waals surface area contributed by atoms with Crippen molar-refractivity contribution in [2.45, 2.75) is 65.3 Å². The zero-order valence-electron chi connectivity index (χ0n) is 12.8. The number of likely N-dealkylation sites (N-methyl/N-ethyl adjacent to an activating group) is 1. The Morgan fingerprint density at radius 3 is 2.39 bits per heavy atom. The van der Waals surface area contributed by atoms with Crippen LogP contribution in [0.15, 0.2) is 0 Å². The Labute approximate surface area is 113 Å². The standard InChI is InChI=1S/C15H33NO2/c1-5-16-15(4,13-17)10-6-7-11-18-12-8-9-14(2)3/h14,16-17H,5-13H2,1-4H3. The highest BCUT2D eigenvalue weighted by molar-refractivity contribution is 4.81. The molecule has 0 aliphatic rings. The summed E-state index contributed by atoms with van der Waals surface area (Å²) in [5, 5.41) is 12.7. The van der Waals surface area contributed by atoms with Crippen LogP contribution < -0.4 is 5.32 Å². The molecule has 0 aromatic heterocycles. The van der Waals surface area contributed by atoms with E-state index in [1.54, 1.807) is 0 Å². The van der Waals surface area contributed by atoms with Crippen molar-refractivity contribution < 1.29 is 9.84 Å². The van der Waals surface area contributed by atoms with Crippen LogP contribution in [0.25, 0.3) is 0 Å². The summed E-state index contributed by atoms with van der Waals surface area (Å²) in [7, 11) is 0. The van der Waals surface area contributed by atoms with Crippen molar-refractivity contribution in [3.05, 3.63) is 0 Å². The molecule has 0 heterocycles. The molecule has 0 rings (SSSR count). The first-order valence-corrected chi connectivity index (χ1v) is 7.47.